The van der Waals surface area contributed by atoms with Crippen LogP contribution < -0.4 is 0 Å². The second-order valence-electron chi connectivity index (χ2n) is 3.44. The summed E-state index contributed by atoms with van der Waals surface area (Å²) in [5.41, 5.74) is 0. The Morgan fingerprint density at radius 3 is 1.31 bits per heavy atom. The predicted octanol–water partition coefficient (Wildman–Crippen LogP) is 1.49. The van der Waals surface area contributed by atoms with Crippen LogP contribution in [0.25, 0.3) is 0 Å². The van der Waals surface area contributed by atoms with Gasteiger partial charge in [-0.2, -0.15) is 0 Å². The summed E-state index contributed by atoms with van der Waals surface area (Å²) in [6, 6.07) is 0. The van der Waals surface area contributed by atoms with Crippen molar-refractivity contribution < 1.29 is 24.0 Å². The Hall–Kier alpha value is -0.910. The van der Waals surface area contributed by atoms with E-state index in [1.165, 1.54) is 0 Å². The van der Waals surface area contributed by atoms with E-state index >= 15 is 0 Å². The van der Waals surface area contributed by atoms with Crippen molar-refractivity contribution in [1.29, 1.82) is 0 Å². The third kappa shape index (κ3) is 29.2. The number of carbonyl (C=O) groups is 2. The highest BCUT2D eigenvalue weighted by Crippen LogP contribution is 2.04. The van der Waals surface area contributed by atoms with Crippen LogP contribution in [0.3, 0.4) is 0 Å². The van der Waals surface area contributed by atoms with Crippen molar-refractivity contribution in [3.63, 3.8) is 0 Å². The lowest BCUT2D eigenvalue weighted by Gasteiger charge is -1.96. The average Bonchev–Trinajstić information content (AvgIpc) is 2.09. The lowest BCUT2D eigenvalue weighted by molar-refractivity contribution is -0.138. The van der Waals surface area contributed by atoms with Crippen molar-refractivity contribution in [3.8, 4) is 0 Å². The van der Waals surface area contributed by atoms with Gasteiger partial charge < -0.3 is 10.2 Å². The monoisotopic (exact) mass is 252 g/mol. The molecule has 96 valence electrons. The van der Waals surface area contributed by atoms with Crippen molar-refractivity contribution in [2.45, 2.75) is 38.5 Å². The molecular formula is C10H20O5S. The van der Waals surface area contributed by atoms with Crippen molar-refractivity contribution >= 4 is 22.7 Å². The Balaban J connectivity index is 0. The largest absolute Gasteiger partial charge is 0.481 e. The van der Waals surface area contributed by atoms with Gasteiger partial charge in [0, 0.05) is 36.2 Å². The summed E-state index contributed by atoms with van der Waals surface area (Å²) >= 11 is 0. The Bertz CT molecular complexity index is 205. The molecule has 0 unspecified atom stereocenters. The molecule has 0 heterocycles. The fourth-order valence-corrected chi connectivity index (χ4v) is 0.906. The molecule has 0 aliphatic carbocycles. The average molecular weight is 252 g/mol. The van der Waals surface area contributed by atoms with Crippen LogP contribution in [-0.2, 0) is 20.4 Å². The molecule has 5 nitrogen and oxygen atoms in total. The Morgan fingerprint density at radius 2 is 1.12 bits per heavy atom. The van der Waals surface area contributed by atoms with Crippen LogP contribution in [0.1, 0.15) is 38.5 Å². The first-order valence-electron chi connectivity index (χ1n) is 5.05. The molecule has 16 heavy (non-hydrogen) atoms. The summed E-state index contributed by atoms with van der Waals surface area (Å²) in [6.45, 7) is 0. The van der Waals surface area contributed by atoms with Gasteiger partial charge in [0.2, 0.25) is 0 Å². The van der Waals surface area contributed by atoms with Gasteiger partial charge in [0.15, 0.2) is 0 Å². The van der Waals surface area contributed by atoms with Crippen LogP contribution in [-0.4, -0.2) is 38.9 Å². The number of carboxylic acid groups (broad SMARTS) is 2. The van der Waals surface area contributed by atoms with Gasteiger partial charge in [0.25, 0.3) is 0 Å². The number of carboxylic acids is 2. The second kappa shape index (κ2) is 12.2. The zero-order chi connectivity index (χ0) is 13.0. The quantitative estimate of drug-likeness (QED) is 0.670. The molecule has 0 spiro atoms. The predicted molar refractivity (Wildman–Crippen MR) is 63.0 cm³/mol. The maximum Gasteiger partial charge on any atom is 0.303 e. The fourth-order valence-electron chi connectivity index (χ4n) is 0.906. The molecule has 0 aromatic heterocycles. The van der Waals surface area contributed by atoms with Gasteiger partial charge in [-0.3, -0.25) is 13.8 Å². The van der Waals surface area contributed by atoms with Gasteiger partial charge in [-0.1, -0.05) is 12.8 Å². The van der Waals surface area contributed by atoms with E-state index in [0.29, 0.717) is 12.8 Å². The zero-order valence-electron chi connectivity index (χ0n) is 9.77. The molecule has 0 aliphatic rings. The number of hydrogen-bond donors (Lipinski definition) is 2. The molecule has 0 rings (SSSR count). The van der Waals surface area contributed by atoms with Crippen LogP contribution in [0.2, 0.25) is 0 Å². The zero-order valence-corrected chi connectivity index (χ0v) is 10.6. The highest BCUT2D eigenvalue weighted by atomic mass is 32.2. The molecule has 0 saturated heterocycles. The van der Waals surface area contributed by atoms with E-state index in [1.807, 2.05) is 0 Å². The minimum absolute atomic E-state index is 0.188. The third-order valence-electron chi connectivity index (χ3n) is 1.53. The summed E-state index contributed by atoms with van der Waals surface area (Å²) < 4.78 is 9.56. The van der Waals surface area contributed by atoms with Crippen LogP contribution in [0.15, 0.2) is 0 Å². The van der Waals surface area contributed by atoms with Crippen LogP contribution in [0, 0.1) is 0 Å². The molecule has 0 atom stereocenters. The van der Waals surface area contributed by atoms with E-state index in [2.05, 4.69) is 0 Å². The smallest absolute Gasteiger partial charge is 0.303 e. The molecule has 0 amide bonds. The van der Waals surface area contributed by atoms with Gasteiger partial charge >= 0.3 is 11.9 Å². The number of aliphatic carboxylic acids is 2. The summed E-state index contributed by atoms with van der Waals surface area (Å²) in [5, 5.41) is 16.5. The summed E-state index contributed by atoms with van der Waals surface area (Å²) in [7, 11) is -0.611. The highest BCUT2D eigenvalue weighted by molar-refractivity contribution is 7.83. The SMILES string of the molecule is CS(C)=O.O=C(O)CCCCCCC(=O)O. The molecule has 0 fully saturated rings. The van der Waals surface area contributed by atoms with E-state index in [9.17, 15) is 13.8 Å². The van der Waals surface area contributed by atoms with E-state index in [1.54, 1.807) is 12.5 Å². The normalized spacial score (nSPS) is 9.44. The van der Waals surface area contributed by atoms with E-state index in [-0.39, 0.29) is 12.8 Å². The van der Waals surface area contributed by atoms with Gasteiger partial charge in [-0.15, -0.1) is 0 Å². The number of unbranched alkanes of at least 4 members (excludes halogenated alkanes) is 3. The summed E-state index contributed by atoms with van der Waals surface area (Å²) in [6.07, 6.45) is 6.56. The number of rotatable bonds is 7. The first-order valence-corrected chi connectivity index (χ1v) is 7.01. The number of hydrogen-bond acceptors (Lipinski definition) is 3. The molecule has 0 radical (unpaired) electrons. The summed E-state index contributed by atoms with van der Waals surface area (Å²) in [5.74, 6) is -1.57. The van der Waals surface area contributed by atoms with Crippen molar-refractivity contribution in [1.82, 2.24) is 0 Å². The molecule has 6 heteroatoms. The van der Waals surface area contributed by atoms with Gasteiger partial charge in [-0.05, 0) is 12.8 Å². The Kier molecular flexibility index (Phi) is 13.3. The topological polar surface area (TPSA) is 91.7 Å². The first kappa shape index (κ1) is 17.5. The minimum atomic E-state index is -0.784. The molecule has 0 aromatic rings. The van der Waals surface area contributed by atoms with Crippen LogP contribution in [0.4, 0.5) is 0 Å². The lowest BCUT2D eigenvalue weighted by atomic mass is 10.1. The van der Waals surface area contributed by atoms with Crippen molar-refractivity contribution in [3.05, 3.63) is 0 Å². The van der Waals surface area contributed by atoms with Crippen molar-refractivity contribution in [2.75, 3.05) is 12.5 Å². The molecule has 2 N–H and O–H groups in total. The van der Waals surface area contributed by atoms with E-state index in [4.69, 9.17) is 10.2 Å². The molecule has 0 aromatic carbocycles. The van der Waals surface area contributed by atoms with Crippen LogP contribution >= 0.6 is 0 Å². The maximum absolute atomic E-state index is 10.0. The molecule has 0 aliphatic heterocycles. The first-order chi connectivity index (χ1) is 7.36. The van der Waals surface area contributed by atoms with Gasteiger partial charge in [-0.25, -0.2) is 0 Å². The standard InChI is InChI=1S/C8H14O4.C2H6OS/c9-7(10)5-3-1-2-4-6-8(11)12;1-4(2)3/h1-6H2,(H,9,10)(H,11,12);1-2H3. The van der Waals surface area contributed by atoms with Crippen LogP contribution in [0.5, 0.6) is 0 Å². The summed E-state index contributed by atoms with van der Waals surface area (Å²) in [4.78, 5) is 20.1. The second-order valence-corrected chi connectivity index (χ2v) is 4.93. The minimum Gasteiger partial charge on any atom is -0.481 e. The molecular weight excluding hydrogens is 232 g/mol. The highest BCUT2D eigenvalue weighted by Gasteiger charge is 1.98. The van der Waals surface area contributed by atoms with E-state index in [0.717, 1.165) is 12.8 Å². The lowest BCUT2D eigenvalue weighted by Crippen LogP contribution is -1.95. The van der Waals surface area contributed by atoms with E-state index < -0.39 is 22.7 Å². The Labute approximate surface area is 98.3 Å². The van der Waals surface area contributed by atoms with Crippen molar-refractivity contribution in [2.24, 2.45) is 0 Å². The maximum atomic E-state index is 10.0. The molecule has 0 bridgehead atoms. The van der Waals surface area contributed by atoms with Gasteiger partial charge in [0.1, 0.15) is 0 Å². The third-order valence-corrected chi connectivity index (χ3v) is 1.53. The Morgan fingerprint density at radius 1 is 0.875 bits per heavy atom. The molecule has 0 saturated carbocycles. The van der Waals surface area contributed by atoms with Gasteiger partial charge in [0.05, 0.1) is 0 Å². The fraction of sp³-hybridized carbons (Fsp3) is 0.800.